The zero-order valence-corrected chi connectivity index (χ0v) is 19.4. The van der Waals surface area contributed by atoms with Gasteiger partial charge >= 0.3 is 0 Å². The Hall–Kier alpha value is -4.36. The summed E-state index contributed by atoms with van der Waals surface area (Å²) in [6.07, 6.45) is 2.73. The molecule has 0 N–H and O–H groups in total. The molecule has 0 bridgehead atoms. The van der Waals surface area contributed by atoms with Crippen molar-refractivity contribution in [2.24, 2.45) is 0 Å². The number of pyridine rings is 1. The summed E-state index contributed by atoms with van der Waals surface area (Å²) in [6.45, 7) is 0. The standard InChI is InChI=1S/C22H14N4O7S2/c1-32-18-10-13(2-8-17(18)33-20-9-7-16(12-23-20)26(30)31)11-19-21(27)24(22(34)35-19)14-3-5-15(6-4-14)25(28)29/h2-12H,1H3/b19-11-. The first-order chi connectivity index (χ1) is 16.8. The smallest absolute Gasteiger partial charge is 0.287 e. The van der Waals surface area contributed by atoms with Gasteiger partial charge in [-0.2, -0.15) is 0 Å². The van der Waals surface area contributed by atoms with E-state index >= 15 is 0 Å². The van der Waals surface area contributed by atoms with E-state index in [1.165, 1.54) is 48.4 Å². The van der Waals surface area contributed by atoms with Gasteiger partial charge in [0.1, 0.15) is 6.20 Å². The van der Waals surface area contributed by atoms with Crippen molar-refractivity contribution in [2.45, 2.75) is 0 Å². The second-order valence-electron chi connectivity index (χ2n) is 6.91. The van der Waals surface area contributed by atoms with Crippen LogP contribution in [0.2, 0.25) is 0 Å². The van der Waals surface area contributed by atoms with Gasteiger partial charge < -0.3 is 9.47 Å². The zero-order chi connectivity index (χ0) is 25.1. The first-order valence-corrected chi connectivity index (χ1v) is 11.0. The molecule has 13 heteroatoms. The number of thioether (sulfide) groups is 1. The van der Waals surface area contributed by atoms with Gasteiger partial charge in [0.2, 0.25) is 5.88 Å². The van der Waals surface area contributed by atoms with E-state index in [1.54, 1.807) is 24.3 Å². The average molecular weight is 511 g/mol. The molecule has 176 valence electrons. The third kappa shape index (κ3) is 5.10. The van der Waals surface area contributed by atoms with E-state index in [9.17, 15) is 25.0 Å². The molecule has 0 saturated carbocycles. The number of rotatable bonds is 7. The Morgan fingerprint density at radius 2 is 1.69 bits per heavy atom. The normalized spacial score (nSPS) is 14.3. The van der Waals surface area contributed by atoms with E-state index in [-0.39, 0.29) is 23.2 Å². The fourth-order valence-corrected chi connectivity index (χ4v) is 4.38. The molecule has 2 aromatic carbocycles. The molecule has 0 aliphatic carbocycles. The predicted molar refractivity (Wildman–Crippen MR) is 133 cm³/mol. The minimum atomic E-state index is -0.559. The second-order valence-corrected chi connectivity index (χ2v) is 8.59. The second kappa shape index (κ2) is 9.87. The topological polar surface area (TPSA) is 138 Å². The van der Waals surface area contributed by atoms with Gasteiger partial charge in [0.15, 0.2) is 15.8 Å². The van der Waals surface area contributed by atoms with E-state index in [1.807, 2.05) is 0 Å². The maximum absolute atomic E-state index is 13.0. The minimum Gasteiger partial charge on any atom is -0.493 e. The number of carbonyl (C=O) groups excluding carboxylic acids is 1. The number of thiocarbonyl (C=S) groups is 1. The van der Waals surface area contributed by atoms with Crippen molar-refractivity contribution in [3.63, 3.8) is 0 Å². The van der Waals surface area contributed by atoms with Crippen molar-refractivity contribution in [3.05, 3.63) is 91.5 Å². The molecule has 4 rings (SSSR count). The van der Waals surface area contributed by atoms with E-state index in [0.717, 1.165) is 18.0 Å². The van der Waals surface area contributed by atoms with Crippen molar-refractivity contribution in [3.8, 4) is 17.4 Å². The molecule has 1 amide bonds. The molecule has 0 radical (unpaired) electrons. The Balaban J connectivity index is 1.55. The number of anilines is 1. The third-order valence-corrected chi connectivity index (χ3v) is 6.05. The Labute approximate surface area is 207 Å². The van der Waals surface area contributed by atoms with Crippen molar-refractivity contribution in [1.29, 1.82) is 0 Å². The summed E-state index contributed by atoms with van der Waals surface area (Å²) in [4.78, 5) is 39.1. The minimum absolute atomic E-state index is 0.0898. The highest BCUT2D eigenvalue weighted by molar-refractivity contribution is 8.27. The van der Waals surface area contributed by atoms with Gasteiger partial charge in [-0.25, -0.2) is 4.98 Å². The van der Waals surface area contributed by atoms with Gasteiger partial charge in [0, 0.05) is 24.3 Å². The third-order valence-electron chi connectivity index (χ3n) is 4.74. The van der Waals surface area contributed by atoms with Crippen LogP contribution in [0.15, 0.2) is 65.7 Å². The number of nitro groups is 2. The number of nitrogens with zero attached hydrogens (tertiary/aromatic N) is 4. The van der Waals surface area contributed by atoms with Gasteiger partial charge in [0.05, 0.1) is 27.5 Å². The lowest BCUT2D eigenvalue weighted by atomic mass is 10.1. The van der Waals surface area contributed by atoms with Gasteiger partial charge in [-0.3, -0.25) is 29.9 Å². The number of amides is 1. The lowest BCUT2D eigenvalue weighted by molar-refractivity contribution is -0.385. The molecule has 1 fully saturated rings. The van der Waals surface area contributed by atoms with Gasteiger partial charge in [-0.15, -0.1) is 0 Å². The van der Waals surface area contributed by atoms with Crippen LogP contribution >= 0.6 is 24.0 Å². The van der Waals surface area contributed by atoms with E-state index in [4.69, 9.17) is 21.7 Å². The van der Waals surface area contributed by atoms with Crippen LogP contribution in [-0.2, 0) is 4.79 Å². The van der Waals surface area contributed by atoms with Crippen LogP contribution in [0.4, 0.5) is 17.1 Å². The Morgan fingerprint density at radius 1 is 1.00 bits per heavy atom. The number of aromatic nitrogens is 1. The average Bonchev–Trinajstić information content (AvgIpc) is 3.12. The molecule has 11 nitrogen and oxygen atoms in total. The largest absolute Gasteiger partial charge is 0.493 e. The number of nitro benzene ring substituents is 1. The first kappa shape index (κ1) is 23.8. The number of methoxy groups -OCH3 is 1. The highest BCUT2D eigenvalue weighted by atomic mass is 32.2. The number of hydrogen-bond donors (Lipinski definition) is 0. The van der Waals surface area contributed by atoms with Crippen LogP contribution in [0, 0.1) is 20.2 Å². The summed E-state index contributed by atoms with van der Waals surface area (Å²) in [7, 11) is 1.45. The van der Waals surface area contributed by atoms with Crippen molar-refractivity contribution in [1.82, 2.24) is 4.98 Å². The quantitative estimate of drug-likeness (QED) is 0.182. The molecule has 35 heavy (non-hydrogen) atoms. The number of non-ortho nitro benzene ring substituents is 1. The fraction of sp³-hybridized carbons (Fsp3) is 0.0455. The summed E-state index contributed by atoms with van der Waals surface area (Å²) < 4.78 is 11.3. The summed E-state index contributed by atoms with van der Waals surface area (Å²) in [5.41, 5.74) is 0.812. The Kier molecular flexibility index (Phi) is 6.71. The van der Waals surface area contributed by atoms with Crippen molar-refractivity contribution in [2.75, 3.05) is 12.0 Å². The first-order valence-electron chi connectivity index (χ1n) is 9.75. The number of benzene rings is 2. The lowest BCUT2D eigenvalue weighted by Crippen LogP contribution is -2.27. The molecule has 1 aromatic heterocycles. The fourth-order valence-electron chi connectivity index (χ4n) is 3.08. The molecule has 0 unspecified atom stereocenters. The highest BCUT2D eigenvalue weighted by Gasteiger charge is 2.33. The molecule has 2 heterocycles. The number of ether oxygens (including phenoxy) is 2. The van der Waals surface area contributed by atoms with Crippen LogP contribution in [0.3, 0.4) is 0 Å². The Morgan fingerprint density at radius 3 is 2.29 bits per heavy atom. The molecular formula is C22H14N4O7S2. The summed E-state index contributed by atoms with van der Waals surface area (Å²) in [6, 6.07) is 13.2. The zero-order valence-electron chi connectivity index (χ0n) is 17.8. The lowest BCUT2D eigenvalue weighted by Gasteiger charge is -2.14. The molecule has 0 atom stereocenters. The van der Waals surface area contributed by atoms with Crippen LogP contribution in [-0.4, -0.2) is 32.2 Å². The maximum atomic E-state index is 13.0. The van der Waals surface area contributed by atoms with Crippen LogP contribution < -0.4 is 14.4 Å². The molecule has 1 aliphatic heterocycles. The van der Waals surface area contributed by atoms with Crippen LogP contribution in [0.5, 0.6) is 17.4 Å². The highest BCUT2D eigenvalue weighted by Crippen LogP contribution is 2.38. The predicted octanol–water partition coefficient (Wildman–Crippen LogP) is 5.10. The molecule has 1 aliphatic rings. The monoisotopic (exact) mass is 510 g/mol. The van der Waals surface area contributed by atoms with E-state index < -0.39 is 9.85 Å². The van der Waals surface area contributed by atoms with E-state index in [0.29, 0.717) is 32.0 Å². The molecule has 1 saturated heterocycles. The van der Waals surface area contributed by atoms with Crippen LogP contribution in [0.25, 0.3) is 6.08 Å². The van der Waals surface area contributed by atoms with Gasteiger partial charge in [0.25, 0.3) is 17.3 Å². The van der Waals surface area contributed by atoms with Crippen LogP contribution in [0.1, 0.15) is 5.56 Å². The Bertz CT molecular complexity index is 1380. The summed E-state index contributed by atoms with van der Waals surface area (Å²) in [5.74, 6) is 0.461. The van der Waals surface area contributed by atoms with Crippen molar-refractivity contribution >= 4 is 57.3 Å². The molecule has 0 spiro atoms. The van der Waals surface area contributed by atoms with Crippen molar-refractivity contribution < 1.29 is 24.1 Å². The van der Waals surface area contributed by atoms with Gasteiger partial charge in [-0.1, -0.05) is 30.0 Å². The maximum Gasteiger partial charge on any atom is 0.287 e. The molecular weight excluding hydrogens is 496 g/mol. The number of hydrogen-bond acceptors (Lipinski definition) is 10. The van der Waals surface area contributed by atoms with E-state index in [2.05, 4.69) is 4.98 Å². The number of carbonyl (C=O) groups is 1. The SMILES string of the molecule is COc1cc(/C=C2\SC(=S)N(c3ccc([N+](=O)[O-])cc3)C2=O)ccc1Oc1ccc([N+](=O)[O-])cn1. The van der Waals surface area contributed by atoms with Gasteiger partial charge in [-0.05, 0) is 35.9 Å². The molecule has 3 aromatic rings. The summed E-state index contributed by atoms with van der Waals surface area (Å²) in [5, 5.41) is 21.6. The summed E-state index contributed by atoms with van der Waals surface area (Å²) >= 11 is 6.45.